The lowest BCUT2D eigenvalue weighted by Gasteiger charge is -2.25. The molecule has 1 aromatic heterocycles. The van der Waals surface area contributed by atoms with Gasteiger partial charge >= 0.3 is 0 Å². The fourth-order valence-corrected chi connectivity index (χ4v) is 1.02. The van der Waals surface area contributed by atoms with Gasteiger partial charge in [-0.3, -0.25) is 0 Å². The Kier molecular flexibility index (Phi) is 2.94. The van der Waals surface area contributed by atoms with Gasteiger partial charge in [-0.25, -0.2) is 0 Å². The van der Waals surface area contributed by atoms with Crippen molar-refractivity contribution in [2.45, 2.75) is 26.4 Å². The maximum Gasteiger partial charge on any atom is 0.106 e. The molecule has 0 aliphatic rings. The normalized spacial score (nSPS) is 14.1. The Balaban J connectivity index is 2.60. The molecule has 0 aliphatic heterocycles. The maximum absolute atomic E-state index is 9.82. The molecule has 0 spiro atoms. The van der Waals surface area contributed by atoms with Crippen molar-refractivity contribution in [2.24, 2.45) is 5.41 Å². The van der Waals surface area contributed by atoms with E-state index in [-0.39, 0.29) is 5.41 Å². The van der Waals surface area contributed by atoms with Crippen LogP contribution in [0.5, 0.6) is 0 Å². The van der Waals surface area contributed by atoms with Gasteiger partial charge in [0.2, 0.25) is 0 Å². The Morgan fingerprint density at radius 3 is 2.85 bits per heavy atom. The van der Waals surface area contributed by atoms with Gasteiger partial charge in [0, 0.05) is 11.8 Å². The van der Waals surface area contributed by atoms with Crippen molar-refractivity contribution in [3.8, 4) is 0 Å². The SMILES string of the molecule is C=CC(C)(C)C(O)Cc1ccco1. The van der Waals surface area contributed by atoms with Crippen molar-refractivity contribution < 1.29 is 9.52 Å². The fraction of sp³-hybridized carbons (Fsp3) is 0.455. The van der Waals surface area contributed by atoms with Crippen LogP contribution >= 0.6 is 0 Å². The lowest BCUT2D eigenvalue weighted by molar-refractivity contribution is 0.0776. The second kappa shape index (κ2) is 3.79. The van der Waals surface area contributed by atoms with Crippen LogP contribution in [0, 0.1) is 5.41 Å². The van der Waals surface area contributed by atoms with E-state index in [4.69, 9.17) is 4.42 Å². The molecule has 1 rings (SSSR count). The third kappa shape index (κ3) is 2.46. The average molecular weight is 180 g/mol. The van der Waals surface area contributed by atoms with Crippen LogP contribution in [0.1, 0.15) is 19.6 Å². The Labute approximate surface area is 78.9 Å². The van der Waals surface area contributed by atoms with Crippen LogP contribution in [0.4, 0.5) is 0 Å². The maximum atomic E-state index is 9.82. The lowest BCUT2D eigenvalue weighted by atomic mass is 9.84. The minimum absolute atomic E-state index is 0.271. The summed E-state index contributed by atoms with van der Waals surface area (Å²) in [7, 11) is 0. The number of aliphatic hydroxyl groups is 1. The van der Waals surface area contributed by atoms with Crippen LogP contribution in [0.3, 0.4) is 0 Å². The number of hydrogen-bond acceptors (Lipinski definition) is 2. The van der Waals surface area contributed by atoms with E-state index in [1.54, 1.807) is 12.3 Å². The summed E-state index contributed by atoms with van der Waals surface area (Å²) in [6.45, 7) is 7.60. The third-order valence-electron chi connectivity index (χ3n) is 2.36. The molecule has 1 N–H and O–H groups in total. The van der Waals surface area contributed by atoms with Gasteiger partial charge in [0.05, 0.1) is 12.4 Å². The van der Waals surface area contributed by atoms with E-state index in [0.29, 0.717) is 6.42 Å². The Morgan fingerprint density at radius 2 is 2.38 bits per heavy atom. The molecule has 0 aromatic carbocycles. The number of furan rings is 1. The molecule has 1 heterocycles. The highest BCUT2D eigenvalue weighted by Crippen LogP contribution is 2.24. The Bertz CT molecular complexity index is 260. The molecule has 72 valence electrons. The fourth-order valence-electron chi connectivity index (χ4n) is 1.02. The van der Waals surface area contributed by atoms with Crippen molar-refractivity contribution in [3.63, 3.8) is 0 Å². The van der Waals surface area contributed by atoms with E-state index in [1.165, 1.54) is 0 Å². The molecule has 13 heavy (non-hydrogen) atoms. The van der Waals surface area contributed by atoms with Gasteiger partial charge in [-0.15, -0.1) is 6.58 Å². The molecule has 0 radical (unpaired) electrons. The van der Waals surface area contributed by atoms with Gasteiger partial charge < -0.3 is 9.52 Å². The van der Waals surface area contributed by atoms with E-state index in [2.05, 4.69) is 6.58 Å². The summed E-state index contributed by atoms with van der Waals surface area (Å²) in [5.74, 6) is 0.808. The highest BCUT2D eigenvalue weighted by Gasteiger charge is 2.24. The summed E-state index contributed by atoms with van der Waals surface area (Å²) in [6.07, 6.45) is 3.46. The van der Waals surface area contributed by atoms with Crippen LogP contribution < -0.4 is 0 Å². The molecule has 0 bridgehead atoms. The molecular formula is C11H16O2. The summed E-state index contributed by atoms with van der Waals surface area (Å²) in [5, 5.41) is 9.82. The second-order valence-corrected chi connectivity index (χ2v) is 3.82. The van der Waals surface area contributed by atoms with Gasteiger partial charge in [-0.2, -0.15) is 0 Å². The average Bonchev–Trinajstić information content (AvgIpc) is 2.57. The van der Waals surface area contributed by atoms with Crippen LogP contribution in [-0.2, 0) is 6.42 Å². The summed E-state index contributed by atoms with van der Waals surface area (Å²) in [5.41, 5.74) is -0.271. The largest absolute Gasteiger partial charge is 0.469 e. The smallest absolute Gasteiger partial charge is 0.106 e. The van der Waals surface area contributed by atoms with Gasteiger partial charge in [-0.05, 0) is 12.1 Å². The van der Waals surface area contributed by atoms with Gasteiger partial charge in [0.25, 0.3) is 0 Å². The molecule has 0 aliphatic carbocycles. The molecule has 0 amide bonds. The molecule has 2 heteroatoms. The quantitative estimate of drug-likeness (QED) is 0.722. The molecule has 0 saturated carbocycles. The molecule has 1 unspecified atom stereocenters. The second-order valence-electron chi connectivity index (χ2n) is 3.82. The van der Waals surface area contributed by atoms with Crippen molar-refractivity contribution in [3.05, 3.63) is 36.8 Å². The van der Waals surface area contributed by atoms with Crippen molar-refractivity contribution in [2.75, 3.05) is 0 Å². The highest BCUT2D eigenvalue weighted by molar-refractivity contribution is 5.03. The molecular weight excluding hydrogens is 164 g/mol. The van der Waals surface area contributed by atoms with Crippen LogP contribution in [0.2, 0.25) is 0 Å². The van der Waals surface area contributed by atoms with Crippen molar-refractivity contribution in [1.29, 1.82) is 0 Å². The zero-order valence-corrected chi connectivity index (χ0v) is 8.16. The van der Waals surface area contributed by atoms with Gasteiger partial charge in [-0.1, -0.05) is 19.9 Å². The zero-order chi connectivity index (χ0) is 9.90. The monoisotopic (exact) mass is 180 g/mol. The van der Waals surface area contributed by atoms with Crippen LogP contribution in [0.25, 0.3) is 0 Å². The van der Waals surface area contributed by atoms with E-state index in [9.17, 15) is 5.11 Å². The standard InChI is InChI=1S/C11H16O2/c1-4-11(2,3)10(12)8-9-6-5-7-13-9/h4-7,10,12H,1,8H2,2-3H3. The molecule has 0 fully saturated rings. The molecule has 1 atom stereocenters. The van der Waals surface area contributed by atoms with Crippen LogP contribution in [-0.4, -0.2) is 11.2 Å². The van der Waals surface area contributed by atoms with Crippen molar-refractivity contribution >= 4 is 0 Å². The molecule has 1 aromatic rings. The first-order chi connectivity index (χ1) is 6.06. The van der Waals surface area contributed by atoms with E-state index < -0.39 is 6.10 Å². The topological polar surface area (TPSA) is 33.4 Å². The number of hydrogen-bond donors (Lipinski definition) is 1. The minimum atomic E-state index is -0.448. The number of rotatable bonds is 4. The Hall–Kier alpha value is -1.02. The molecule has 2 nitrogen and oxygen atoms in total. The summed E-state index contributed by atoms with van der Waals surface area (Å²) >= 11 is 0. The first-order valence-corrected chi connectivity index (χ1v) is 4.40. The van der Waals surface area contributed by atoms with Crippen molar-refractivity contribution in [1.82, 2.24) is 0 Å². The molecule has 0 saturated heterocycles. The predicted octanol–water partition coefficient (Wildman–Crippen LogP) is 2.40. The van der Waals surface area contributed by atoms with Gasteiger partial charge in [0.1, 0.15) is 5.76 Å². The van der Waals surface area contributed by atoms with Crippen LogP contribution in [0.15, 0.2) is 35.5 Å². The summed E-state index contributed by atoms with van der Waals surface area (Å²) in [6, 6.07) is 3.69. The first kappa shape index (κ1) is 10.1. The minimum Gasteiger partial charge on any atom is -0.469 e. The summed E-state index contributed by atoms with van der Waals surface area (Å²) in [4.78, 5) is 0. The van der Waals surface area contributed by atoms with Gasteiger partial charge in [0.15, 0.2) is 0 Å². The summed E-state index contributed by atoms with van der Waals surface area (Å²) < 4.78 is 5.15. The third-order valence-corrected chi connectivity index (χ3v) is 2.36. The number of aliphatic hydroxyl groups excluding tert-OH is 1. The Morgan fingerprint density at radius 1 is 1.69 bits per heavy atom. The lowest BCUT2D eigenvalue weighted by Crippen LogP contribution is -2.28. The van der Waals surface area contributed by atoms with E-state index >= 15 is 0 Å². The first-order valence-electron chi connectivity index (χ1n) is 4.40. The highest BCUT2D eigenvalue weighted by atomic mass is 16.3. The predicted molar refractivity (Wildman–Crippen MR) is 52.4 cm³/mol. The van der Waals surface area contributed by atoms with E-state index in [0.717, 1.165) is 5.76 Å². The van der Waals surface area contributed by atoms with E-state index in [1.807, 2.05) is 26.0 Å². The zero-order valence-electron chi connectivity index (χ0n) is 8.16.